The van der Waals surface area contributed by atoms with Gasteiger partial charge in [0, 0.05) is 12.6 Å². The molecule has 1 heterocycles. The van der Waals surface area contributed by atoms with E-state index >= 15 is 0 Å². The molecule has 0 bridgehead atoms. The highest BCUT2D eigenvalue weighted by atomic mass is 35.5. The van der Waals surface area contributed by atoms with Crippen molar-refractivity contribution in [2.45, 2.75) is 44.7 Å². The third-order valence-electron chi connectivity index (χ3n) is 4.11. The monoisotopic (exact) mass is 314 g/mol. The highest BCUT2D eigenvalue weighted by molar-refractivity contribution is 6.32. The van der Waals surface area contributed by atoms with Crippen molar-refractivity contribution in [3.8, 4) is 0 Å². The first kappa shape index (κ1) is 16.3. The number of aliphatic hydroxyl groups excluding tert-OH is 1. The predicted molar refractivity (Wildman–Crippen MR) is 83.6 cm³/mol. The molecule has 0 radical (unpaired) electrons. The molecular formula is C14H23ClN4O2. The van der Waals surface area contributed by atoms with Crippen molar-refractivity contribution in [2.75, 3.05) is 18.5 Å². The standard InChI is InChI=1S/C14H23ClN4O2/c15-13-12(9-17-19(6-7-20)14(13)21)18-11(8-16)10-4-2-1-3-5-10/h9-11,18,20H,1-8,16H2. The van der Waals surface area contributed by atoms with Crippen molar-refractivity contribution in [3.63, 3.8) is 0 Å². The van der Waals surface area contributed by atoms with E-state index in [0.717, 1.165) is 17.5 Å². The van der Waals surface area contributed by atoms with Crippen LogP contribution in [0.4, 0.5) is 5.69 Å². The molecule has 1 aromatic rings. The van der Waals surface area contributed by atoms with E-state index in [2.05, 4.69) is 10.4 Å². The van der Waals surface area contributed by atoms with E-state index in [9.17, 15) is 4.79 Å². The van der Waals surface area contributed by atoms with Crippen LogP contribution in [0.15, 0.2) is 11.0 Å². The number of nitrogens with one attached hydrogen (secondary N) is 1. The summed E-state index contributed by atoms with van der Waals surface area (Å²) in [7, 11) is 0. The zero-order chi connectivity index (χ0) is 15.2. The predicted octanol–water partition coefficient (Wildman–Crippen LogP) is 1.21. The highest BCUT2D eigenvalue weighted by Crippen LogP contribution is 2.28. The van der Waals surface area contributed by atoms with Crippen LogP contribution in [0.1, 0.15) is 32.1 Å². The zero-order valence-corrected chi connectivity index (χ0v) is 12.9. The molecule has 1 aromatic heterocycles. The minimum atomic E-state index is -0.393. The van der Waals surface area contributed by atoms with E-state index in [0.29, 0.717) is 18.2 Å². The number of rotatable bonds is 6. The van der Waals surface area contributed by atoms with Crippen molar-refractivity contribution >= 4 is 17.3 Å². The first-order valence-corrected chi connectivity index (χ1v) is 7.88. The Morgan fingerprint density at radius 3 is 2.81 bits per heavy atom. The number of halogens is 1. The molecule has 0 spiro atoms. The van der Waals surface area contributed by atoms with Crippen LogP contribution in [-0.4, -0.2) is 34.1 Å². The quantitative estimate of drug-likeness (QED) is 0.734. The molecule has 1 fully saturated rings. The largest absolute Gasteiger partial charge is 0.394 e. The number of aliphatic hydroxyl groups is 1. The van der Waals surface area contributed by atoms with Gasteiger partial charge in [-0.3, -0.25) is 4.79 Å². The van der Waals surface area contributed by atoms with Crippen molar-refractivity contribution < 1.29 is 5.11 Å². The van der Waals surface area contributed by atoms with Gasteiger partial charge in [-0.25, -0.2) is 4.68 Å². The van der Waals surface area contributed by atoms with Crippen LogP contribution in [0.5, 0.6) is 0 Å². The molecule has 0 amide bonds. The average molecular weight is 315 g/mol. The fourth-order valence-corrected chi connectivity index (χ4v) is 3.13. The SMILES string of the molecule is NCC(Nc1cnn(CCO)c(=O)c1Cl)C1CCCCC1. The summed E-state index contributed by atoms with van der Waals surface area (Å²) in [5.41, 5.74) is 6.01. The summed E-state index contributed by atoms with van der Waals surface area (Å²) in [5, 5.41) is 16.3. The highest BCUT2D eigenvalue weighted by Gasteiger charge is 2.23. The first-order chi connectivity index (χ1) is 10.2. The Hall–Kier alpha value is -1.11. The number of aromatic nitrogens is 2. The summed E-state index contributed by atoms with van der Waals surface area (Å²) >= 11 is 6.12. The average Bonchev–Trinajstić information content (AvgIpc) is 2.52. The molecule has 1 aliphatic carbocycles. The van der Waals surface area contributed by atoms with Crippen LogP contribution in [0.25, 0.3) is 0 Å². The van der Waals surface area contributed by atoms with Gasteiger partial charge >= 0.3 is 0 Å². The van der Waals surface area contributed by atoms with Crippen molar-refractivity contribution in [1.82, 2.24) is 9.78 Å². The molecule has 1 aliphatic rings. The molecule has 6 nitrogen and oxygen atoms in total. The fraction of sp³-hybridized carbons (Fsp3) is 0.714. The molecule has 2 rings (SSSR count). The van der Waals surface area contributed by atoms with E-state index in [-0.39, 0.29) is 24.2 Å². The molecule has 0 saturated heterocycles. The summed E-state index contributed by atoms with van der Waals surface area (Å²) in [4.78, 5) is 12.0. The Kier molecular flexibility index (Phi) is 6.02. The van der Waals surface area contributed by atoms with Crippen molar-refractivity contribution in [3.05, 3.63) is 21.6 Å². The van der Waals surface area contributed by atoms with Crippen LogP contribution in [0, 0.1) is 5.92 Å². The summed E-state index contributed by atoms with van der Waals surface area (Å²) in [6.45, 7) is 0.492. The summed E-state index contributed by atoms with van der Waals surface area (Å²) in [6, 6.07) is 0.109. The molecule has 1 saturated carbocycles. The number of nitrogens with two attached hydrogens (primary N) is 1. The molecule has 1 unspecified atom stereocenters. The summed E-state index contributed by atoms with van der Waals surface area (Å²) in [5.74, 6) is 0.514. The van der Waals surface area contributed by atoms with Gasteiger partial charge in [0.25, 0.3) is 5.56 Å². The van der Waals surface area contributed by atoms with Gasteiger partial charge in [0.05, 0.1) is 25.0 Å². The molecule has 118 valence electrons. The minimum Gasteiger partial charge on any atom is -0.394 e. The van der Waals surface area contributed by atoms with Crippen LogP contribution in [0.3, 0.4) is 0 Å². The second-order valence-electron chi connectivity index (χ2n) is 5.51. The number of anilines is 1. The van der Waals surface area contributed by atoms with Crippen LogP contribution < -0.4 is 16.6 Å². The van der Waals surface area contributed by atoms with Gasteiger partial charge in [-0.2, -0.15) is 5.10 Å². The topological polar surface area (TPSA) is 93.2 Å². The Labute approximate surface area is 129 Å². The Morgan fingerprint density at radius 2 is 2.19 bits per heavy atom. The molecule has 1 atom stereocenters. The van der Waals surface area contributed by atoms with Gasteiger partial charge in [-0.1, -0.05) is 30.9 Å². The van der Waals surface area contributed by atoms with Gasteiger partial charge in [0.2, 0.25) is 0 Å². The van der Waals surface area contributed by atoms with Crippen molar-refractivity contribution in [2.24, 2.45) is 11.7 Å². The third kappa shape index (κ3) is 3.96. The Balaban J connectivity index is 2.13. The number of nitrogens with zero attached hydrogens (tertiary/aromatic N) is 2. The van der Waals surface area contributed by atoms with E-state index in [1.807, 2.05) is 0 Å². The zero-order valence-electron chi connectivity index (χ0n) is 12.1. The number of hydrogen-bond acceptors (Lipinski definition) is 5. The Morgan fingerprint density at radius 1 is 1.48 bits per heavy atom. The third-order valence-corrected chi connectivity index (χ3v) is 4.48. The van der Waals surface area contributed by atoms with Gasteiger partial charge in [0.1, 0.15) is 5.02 Å². The lowest BCUT2D eigenvalue weighted by Crippen LogP contribution is -2.38. The minimum absolute atomic E-state index is 0.104. The molecular weight excluding hydrogens is 292 g/mol. The van der Waals surface area contributed by atoms with Gasteiger partial charge in [0.15, 0.2) is 0 Å². The number of hydrogen-bond donors (Lipinski definition) is 3. The lowest BCUT2D eigenvalue weighted by molar-refractivity contribution is 0.266. The second kappa shape index (κ2) is 7.77. The summed E-state index contributed by atoms with van der Waals surface area (Å²) < 4.78 is 1.16. The molecule has 21 heavy (non-hydrogen) atoms. The molecule has 7 heteroatoms. The van der Waals surface area contributed by atoms with E-state index in [1.165, 1.54) is 25.5 Å². The summed E-state index contributed by atoms with van der Waals surface area (Å²) in [6.07, 6.45) is 7.58. The maximum absolute atomic E-state index is 12.0. The van der Waals surface area contributed by atoms with Crippen LogP contribution in [0.2, 0.25) is 5.02 Å². The van der Waals surface area contributed by atoms with Gasteiger partial charge in [-0.05, 0) is 18.8 Å². The lowest BCUT2D eigenvalue weighted by Gasteiger charge is -2.30. The maximum atomic E-state index is 12.0. The molecule has 4 N–H and O–H groups in total. The van der Waals surface area contributed by atoms with Crippen LogP contribution in [-0.2, 0) is 6.54 Å². The van der Waals surface area contributed by atoms with E-state index < -0.39 is 5.56 Å². The Bertz CT molecular complexity index is 514. The molecule has 0 aliphatic heterocycles. The smallest absolute Gasteiger partial charge is 0.287 e. The van der Waals surface area contributed by atoms with Gasteiger partial charge < -0.3 is 16.2 Å². The fourth-order valence-electron chi connectivity index (χ4n) is 2.93. The van der Waals surface area contributed by atoms with E-state index in [4.69, 9.17) is 22.4 Å². The van der Waals surface area contributed by atoms with Crippen molar-refractivity contribution in [1.29, 1.82) is 0 Å². The van der Waals surface area contributed by atoms with Gasteiger partial charge in [-0.15, -0.1) is 0 Å². The first-order valence-electron chi connectivity index (χ1n) is 7.50. The van der Waals surface area contributed by atoms with E-state index in [1.54, 1.807) is 0 Å². The maximum Gasteiger partial charge on any atom is 0.287 e. The normalized spacial score (nSPS) is 17.7. The second-order valence-corrected chi connectivity index (χ2v) is 5.89. The van der Waals surface area contributed by atoms with Crippen LogP contribution >= 0.6 is 11.6 Å². The molecule has 0 aromatic carbocycles. The lowest BCUT2D eigenvalue weighted by atomic mass is 9.84.